The highest BCUT2D eigenvalue weighted by atomic mass is 79.9. The lowest BCUT2D eigenvalue weighted by molar-refractivity contribution is 0.625. The van der Waals surface area contributed by atoms with Gasteiger partial charge in [0, 0.05) is 22.6 Å². The molecular weight excluding hydrogens is 288 g/mol. The number of hydrogen-bond donors (Lipinski definition) is 0. The zero-order valence-corrected chi connectivity index (χ0v) is 12.2. The number of benzene rings is 1. The summed E-state index contributed by atoms with van der Waals surface area (Å²) in [5.41, 5.74) is 3.42. The van der Waals surface area contributed by atoms with Crippen LogP contribution >= 0.6 is 15.9 Å². The summed E-state index contributed by atoms with van der Waals surface area (Å²) >= 11 is 3.59. The van der Waals surface area contributed by atoms with Crippen molar-refractivity contribution in [2.75, 3.05) is 0 Å². The van der Waals surface area contributed by atoms with Crippen LogP contribution in [0.25, 0.3) is 10.9 Å². The van der Waals surface area contributed by atoms with Crippen LogP contribution in [0.5, 0.6) is 0 Å². The molecule has 3 heteroatoms. The van der Waals surface area contributed by atoms with E-state index in [4.69, 9.17) is 0 Å². The van der Waals surface area contributed by atoms with Crippen molar-refractivity contribution in [1.82, 2.24) is 4.57 Å². The molecule has 0 N–H and O–H groups in total. The van der Waals surface area contributed by atoms with E-state index in [2.05, 4.69) is 44.9 Å². The van der Waals surface area contributed by atoms with E-state index in [9.17, 15) is 5.26 Å². The maximum absolute atomic E-state index is 9.37. The lowest BCUT2D eigenvalue weighted by Crippen LogP contribution is -2.13. The van der Waals surface area contributed by atoms with Crippen molar-refractivity contribution in [3.8, 4) is 6.07 Å². The average molecular weight is 303 g/mol. The van der Waals surface area contributed by atoms with Crippen molar-refractivity contribution in [2.24, 2.45) is 0 Å². The van der Waals surface area contributed by atoms with Crippen LogP contribution in [0, 0.1) is 11.3 Å². The second-order valence-electron chi connectivity index (χ2n) is 5.54. The van der Waals surface area contributed by atoms with Gasteiger partial charge in [-0.3, -0.25) is 0 Å². The Morgan fingerprint density at radius 2 is 2.17 bits per heavy atom. The number of aryl methyl sites for hydroxylation is 2. The maximum Gasteiger partial charge on any atom is 0.0787 e. The van der Waals surface area contributed by atoms with Crippen molar-refractivity contribution in [3.63, 3.8) is 0 Å². The van der Waals surface area contributed by atoms with Crippen LogP contribution in [0.2, 0.25) is 0 Å². The quantitative estimate of drug-likeness (QED) is 0.778. The summed E-state index contributed by atoms with van der Waals surface area (Å²) in [7, 11) is 0. The number of rotatable bonds is 1. The molecule has 0 radical (unpaired) electrons. The number of nitrogens with zero attached hydrogens (tertiary/aromatic N) is 2. The van der Waals surface area contributed by atoms with E-state index in [1.807, 2.05) is 13.8 Å². The Labute approximate surface area is 115 Å². The fourth-order valence-electron chi connectivity index (χ4n) is 2.86. The van der Waals surface area contributed by atoms with Gasteiger partial charge in [0.1, 0.15) is 0 Å². The van der Waals surface area contributed by atoms with Crippen molar-refractivity contribution < 1.29 is 0 Å². The molecule has 0 saturated carbocycles. The molecule has 18 heavy (non-hydrogen) atoms. The first kappa shape index (κ1) is 11.8. The molecule has 1 aromatic carbocycles. The summed E-state index contributed by atoms with van der Waals surface area (Å²) in [5, 5.41) is 10.6. The summed E-state index contributed by atoms with van der Waals surface area (Å²) in [5.74, 6) is 0. The van der Waals surface area contributed by atoms with Gasteiger partial charge in [-0.25, -0.2) is 0 Å². The zero-order valence-electron chi connectivity index (χ0n) is 10.6. The monoisotopic (exact) mass is 302 g/mol. The SMILES string of the molecule is CC(C)(C#N)c1cn2c3c(cc(Br)cc13)CCC2. The van der Waals surface area contributed by atoms with E-state index in [0.717, 1.165) is 23.0 Å². The van der Waals surface area contributed by atoms with Gasteiger partial charge in [-0.05, 0) is 49.9 Å². The Kier molecular flexibility index (Phi) is 2.53. The molecule has 1 aliphatic rings. The Morgan fingerprint density at radius 1 is 1.39 bits per heavy atom. The fraction of sp³-hybridized carbons (Fsp3) is 0.400. The van der Waals surface area contributed by atoms with E-state index in [0.29, 0.717) is 0 Å². The fourth-order valence-corrected chi connectivity index (χ4v) is 3.36. The van der Waals surface area contributed by atoms with Gasteiger partial charge in [0.05, 0.1) is 17.0 Å². The van der Waals surface area contributed by atoms with Crippen LogP contribution in [0.3, 0.4) is 0 Å². The molecule has 0 saturated heterocycles. The molecule has 0 spiro atoms. The van der Waals surface area contributed by atoms with Gasteiger partial charge in [0.2, 0.25) is 0 Å². The Balaban J connectivity index is 2.40. The predicted octanol–water partition coefficient (Wildman–Crippen LogP) is 4.15. The Hall–Kier alpha value is -1.27. The van der Waals surface area contributed by atoms with E-state index < -0.39 is 5.41 Å². The summed E-state index contributed by atoms with van der Waals surface area (Å²) in [4.78, 5) is 0. The molecule has 0 aliphatic carbocycles. The highest BCUT2D eigenvalue weighted by molar-refractivity contribution is 9.10. The van der Waals surface area contributed by atoms with Crippen LogP contribution in [-0.4, -0.2) is 4.57 Å². The lowest BCUT2D eigenvalue weighted by atomic mass is 9.86. The molecule has 3 rings (SSSR count). The number of nitriles is 1. The third-order valence-corrected chi connectivity index (χ3v) is 4.27. The van der Waals surface area contributed by atoms with Crippen molar-refractivity contribution in [3.05, 3.63) is 33.9 Å². The summed E-state index contributed by atoms with van der Waals surface area (Å²) < 4.78 is 3.43. The normalized spacial score (nSPS) is 14.8. The summed E-state index contributed by atoms with van der Waals surface area (Å²) in [6.45, 7) is 5.04. The maximum atomic E-state index is 9.37. The minimum absolute atomic E-state index is 0.439. The van der Waals surface area contributed by atoms with Crippen molar-refractivity contribution >= 4 is 26.8 Å². The van der Waals surface area contributed by atoms with E-state index in [-0.39, 0.29) is 0 Å². The Bertz CT molecular complexity index is 674. The number of aromatic nitrogens is 1. The molecule has 0 atom stereocenters. The van der Waals surface area contributed by atoms with Crippen LogP contribution < -0.4 is 0 Å². The third-order valence-electron chi connectivity index (χ3n) is 3.81. The molecule has 2 heterocycles. The molecule has 2 nitrogen and oxygen atoms in total. The second-order valence-corrected chi connectivity index (χ2v) is 6.45. The van der Waals surface area contributed by atoms with E-state index in [1.54, 1.807) is 0 Å². The van der Waals surface area contributed by atoms with Gasteiger partial charge in [0.15, 0.2) is 0 Å². The first-order valence-corrected chi connectivity index (χ1v) is 7.05. The molecule has 0 unspecified atom stereocenters. The molecule has 1 aliphatic heterocycles. The number of halogens is 1. The first-order valence-electron chi connectivity index (χ1n) is 6.26. The smallest absolute Gasteiger partial charge is 0.0787 e. The molecular formula is C15H15BrN2. The second kappa shape index (κ2) is 3.86. The summed E-state index contributed by atoms with van der Waals surface area (Å²) in [6, 6.07) is 6.78. The van der Waals surface area contributed by atoms with E-state index in [1.165, 1.54) is 22.9 Å². The van der Waals surface area contributed by atoms with Gasteiger partial charge in [-0.1, -0.05) is 15.9 Å². The molecule has 0 bridgehead atoms. The standard InChI is InChI=1S/C15H15BrN2/c1-15(2,9-17)13-8-18-5-3-4-10-6-11(16)7-12(13)14(10)18/h6-8H,3-5H2,1-2H3. The lowest BCUT2D eigenvalue weighted by Gasteiger charge is -2.16. The van der Waals surface area contributed by atoms with Gasteiger partial charge >= 0.3 is 0 Å². The highest BCUT2D eigenvalue weighted by Crippen LogP contribution is 2.37. The van der Waals surface area contributed by atoms with Gasteiger partial charge in [-0.15, -0.1) is 0 Å². The first-order chi connectivity index (χ1) is 8.53. The van der Waals surface area contributed by atoms with Gasteiger partial charge in [-0.2, -0.15) is 5.26 Å². The molecule has 2 aromatic rings. The predicted molar refractivity (Wildman–Crippen MR) is 76.6 cm³/mol. The van der Waals surface area contributed by atoms with Gasteiger partial charge < -0.3 is 4.57 Å². The van der Waals surface area contributed by atoms with Crippen LogP contribution in [-0.2, 0) is 18.4 Å². The molecule has 0 fully saturated rings. The van der Waals surface area contributed by atoms with Crippen molar-refractivity contribution in [2.45, 2.75) is 38.6 Å². The largest absolute Gasteiger partial charge is 0.347 e. The highest BCUT2D eigenvalue weighted by Gasteiger charge is 2.27. The minimum Gasteiger partial charge on any atom is -0.347 e. The topological polar surface area (TPSA) is 28.7 Å². The van der Waals surface area contributed by atoms with Gasteiger partial charge in [0.25, 0.3) is 0 Å². The number of hydrogen-bond acceptors (Lipinski definition) is 1. The van der Waals surface area contributed by atoms with Crippen LogP contribution in [0.1, 0.15) is 31.4 Å². The molecule has 92 valence electrons. The van der Waals surface area contributed by atoms with Crippen LogP contribution in [0.15, 0.2) is 22.8 Å². The van der Waals surface area contributed by atoms with Crippen molar-refractivity contribution in [1.29, 1.82) is 5.26 Å². The van der Waals surface area contributed by atoms with E-state index >= 15 is 0 Å². The third kappa shape index (κ3) is 1.59. The van der Waals surface area contributed by atoms with Crippen LogP contribution in [0.4, 0.5) is 0 Å². The molecule has 1 aromatic heterocycles. The average Bonchev–Trinajstić information content (AvgIpc) is 2.70. The zero-order chi connectivity index (χ0) is 12.9. The summed E-state index contributed by atoms with van der Waals surface area (Å²) in [6.07, 6.45) is 4.48. The molecule has 0 amide bonds. The minimum atomic E-state index is -0.439. The Morgan fingerprint density at radius 3 is 2.89 bits per heavy atom.